The van der Waals surface area contributed by atoms with E-state index >= 15 is 0 Å². The van der Waals surface area contributed by atoms with Gasteiger partial charge in [-0.25, -0.2) is 18.6 Å². The summed E-state index contributed by atoms with van der Waals surface area (Å²) >= 11 is 6.18. The lowest BCUT2D eigenvalue weighted by Gasteiger charge is -2.17. The van der Waals surface area contributed by atoms with E-state index in [-0.39, 0.29) is 46.0 Å². The molecule has 0 radical (unpaired) electrons. The van der Waals surface area contributed by atoms with Gasteiger partial charge >= 0.3 is 6.09 Å². The number of carbonyl (C=O) groups is 1. The summed E-state index contributed by atoms with van der Waals surface area (Å²) in [6.45, 7) is 1.50. The second-order valence-electron chi connectivity index (χ2n) is 6.08. The van der Waals surface area contributed by atoms with Gasteiger partial charge in [-0.15, -0.1) is 0 Å². The Morgan fingerprint density at radius 2 is 2.00 bits per heavy atom. The highest BCUT2D eigenvalue weighted by atomic mass is 35.5. The molecule has 3 aromatic rings. The highest BCUT2D eigenvalue weighted by Crippen LogP contribution is 2.28. The second-order valence-corrected chi connectivity index (χ2v) is 6.48. The van der Waals surface area contributed by atoms with Gasteiger partial charge in [-0.05, 0) is 30.7 Å². The Kier molecular flexibility index (Phi) is 5.60. The predicted octanol–water partition coefficient (Wildman–Crippen LogP) is 4.10. The number of rotatable bonds is 5. The van der Waals surface area contributed by atoms with Crippen LogP contribution < -0.4 is 10.9 Å². The van der Waals surface area contributed by atoms with Crippen molar-refractivity contribution in [2.45, 2.75) is 19.8 Å². The van der Waals surface area contributed by atoms with Gasteiger partial charge in [0.2, 0.25) is 0 Å². The van der Waals surface area contributed by atoms with E-state index in [1.165, 1.54) is 23.6 Å². The van der Waals surface area contributed by atoms with Crippen molar-refractivity contribution >= 4 is 28.6 Å². The minimum atomic E-state index is -2.70. The molecule has 1 aromatic heterocycles. The van der Waals surface area contributed by atoms with Gasteiger partial charge < -0.3 is 10.4 Å². The maximum Gasteiger partial charge on any atom is 0.404 e. The summed E-state index contributed by atoms with van der Waals surface area (Å²) in [5.74, 6) is 0.239. The molecule has 9 heteroatoms. The topological polar surface area (TPSA) is 84.2 Å². The first-order valence-corrected chi connectivity index (χ1v) is 8.74. The fraction of sp³-hybridized carbons (Fsp3) is 0.211. The summed E-state index contributed by atoms with van der Waals surface area (Å²) < 4.78 is 27.9. The Morgan fingerprint density at radius 3 is 2.68 bits per heavy atom. The number of nitrogens with zero attached hydrogens (tertiary/aromatic N) is 2. The molecule has 0 unspecified atom stereocenters. The molecule has 2 N–H and O–H groups in total. The lowest BCUT2D eigenvalue weighted by atomic mass is 10.1. The van der Waals surface area contributed by atoms with Crippen LogP contribution in [-0.4, -0.2) is 27.3 Å². The Hall–Kier alpha value is -3.00. The van der Waals surface area contributed by atoms with Crippen LogP contribution in [0.2, 0.25) is 5.02 Å². The number of nitrogens with one attached hydrogen (secondary N) is 1. The van der Waals surface area contributed by atoms with Crippen molar-refractivity contribution in [3.63, 3.8) is 0 Å². The summed E-state index contributed by atoms with van der Waals surface area (Å²) in [6.07, 6.45) is -3.83. The van der Waals surface area contributed by atoms with Crippen molar-refractivity contribution in [3.05, 3.63) is 68.7 Å². The summed E-state index contributed by atoms with van der Waals surface area (Å²) in [5, 5.41) is 11.4. The normalized spacial score (nSPS) is 11.2. The maximum absolute atomic E-state index is 13.3. The zero-order valence-electron chi connectivity index (χ0n) is 14.7. The third kappa shape index (κ3) is 3.68. The highest BCUT2D eigenvalue weighted by Gasteiger charge is 2.19. The zero-order valence-corrected chi connectivity index (χ0v) is 15.5. The van der Waals surface area contributed by atoms with E-state index in [4.69, 9.17) is 16.7 Å². The fourth-order valence-electron chi connectivity index (χ4n) is 3.05. The Labute approximate surface area is 163 Å². The number of fused-ring (bicyclic) bond motifs is 1. The third-order valence-corrected chi connectivity index (χ3v) is 4.68. The minimum Gasteiger partial charge on any atom is -0.465 e. The van der Waals surface area contributed by atoms with Crippen molar-refractivity contribution in [1.29, 1.82) is 0 Å². The monoisotopic (exact) mass is 407 g/mol. The van der Waals surface area contributed by atoms with Gasteiger partial charge in [0.1, 0.15) is 5.82 Å². The summed E-state index contributed by atoms with van der Waals surface area (Å²) in [6, 6.07) is 9.08. The standard InChI is InChI=1S/C19H16ClF2N3O3/c1-10-11(17(21)22)4-2-7-14(10)25-15(8-9-23-19(27)28)24-13-6-3-5-12(20)16(13)18(25)26/h2-7,17,23H,8-9H2,1H3,(H,27,28). The molecular weight excluding hydrogens is 392 g/mol. The number of benzene rings is 2. The molecule has 0 atom stereocenters. The van der Waals surface area contributed by atoms with E-state index in [0.717, 1.165) is 0 Å². The van der Waals surface area contributed by atoms with Crippen LogP contribution in [0, 0.1) is 6.92 Å². The van der Waals surface area contributed by atoms with Gasteiger partial charge in [0.05, 0.1) is 21.6 Å². The average Bonchev–Trinajstić information content (AvgIpc) is 2.62. The lowest BCUT2D eigenvalue weighted by Crippen LogP contribution is -2.29. The minimum absolute atomic E-state index is 0.00142. The number of amides is 1. The summed E-state index contributed by atoms with van der Waals surface area (Å²) in [7, 11) is 0. The van der Waals surface area contributed by atoms with Crippen LogP contribution in [0.15, 0.2) is 41.2 Å². The lowest BCUT2D eigenvalue weighted by molar-refractivity contribution is 0.150. The van der Waals surface area contributed by atoms with Crippen molar-refractivity contribution < 1.29 is 18.7 Å². The molecule has 146 valence electrons. The predicted molar refractivity (Wildman–Crippen MR) is 102 cm³/mol. The van der Waals surface area contributed by atoms with Gasteiger partial charge in [0, 0.05) is 18.5 Å². The Balaban J connectivity index is 2.29. The van der Waals surface area contributed by atoms with Crippen molar-refractivity contribution in [3.8, 4) is 5.69 Å². The van der Waals surface area contributed by atoms with E-state index in [0.29, 0.717) is 5.52 Å². The third-order valence-electron chi connectivity index (χ3n) is 4.36. The quantitative estimate of drug-likeness (QED) is 0.667. The van der Waals surface area contributed by atoms with Crippen molar-refractivity contribution in [2.75, 3.05) is 6.54 Å². The Bertz CT molecular complexity index is 1120. The molecule has 6 nitrogen and oxygen atoms in total. The first-order chi connectivity index (χ1) is 13.3. The molecule has 1 amide bonds. The number of carboxylic acid groups (broad SMARTS) is 1. The van der Waals surface area contributed by atoms with Gasteiger partial charge in [-0.3, -0.25) is 9.36 Å². The van der Waals surface area contributed by atoms with Crippen LogP contribution in [0.3, 0.4) is 0 Å². The molecule has 0 spiro atoms. The van der Waals surface area contributed by atoms with E-state index < -0.39 is 18.1 Å². The fourth-order valence-corrected chi connectivity index (χ4v) is 3.30. The van der Waals surface area contributed by atoms with Crippen LogP contribution in [-0.2, 0) is 6.42 Å². The Morgan fingerprint density at radius 1 is 1.29 bits per heavy atom. The molecule has 28 heavy (non-hydrogen) atoms. The maximum atomic E-state index is 13.3. The first kappa shape index (κ1) is 19.8. The molecule has 0 aliphatic carbocycles. The van der Waals surface area contributed by atoms with Crippen molar-refractivity contribution in [2.24, 2.45) is 0 Å². The molecule has 0 saturated carbocycles. The molecular formula is C19H16ClF2N3O3. The SMILES string of the molecule is Cc1c(C(F)F)cccc1-n1c(CCNC(=O)O)nc2cccc(Cl)c2c1=O. The molecule has 3 rings (SSSR count). The van der Waals surface area contributed by atoms with Gasteiger partial charge in [-0.1, -0.05) is 29.8 Å². The zero-order chi connectivity index (χ0) is 20.4. The number of halogens is 3. The number of aromatic nitrogens is 2. The summed E-state index contributed by atoms with van der Waals surface area (Å²) in [5.41, 5.74) is 0.137. The van der Waals surface area contributed by atoms with Crippen LogP contribution in [0.4, 0.5) is 13.6 Å². The molecule has 0 saturated heterocycles. The molecule has 0 aliphatic rings. The van der Waals surface area contributed by atoms with E-state index in [1.54, 1.807) is 24.3 Å². The van der Waals surface area contributed by atoms with E-state index in [2.05, 4.69) is 10.3 Å². The van der Waals surface area contributed by atoms with Crippen LogP contribution in [0.5, 0.6) is 0 Å². The van der Waals surface area contributed by atoms with Gasteiger partial charge in [-0.2, -0.15) is 0 Å². The van der Waals surface area contributed by atoms with Gasteiger partial charge in [0.15, 0.2) is 0 Å². The molecule has 1 heterocycles. The number of hydrogen-bond donors (Lipinski definition) is 2. The smallest absolute Gasteiger partial charge is 0.404 e. The molecule has 0 fully saturated rings. The van der Waals surface area contributed by atoms with E-state index in [9.17, 15) is 18.4 Å². The molecule has 0 bridgehead atoms. The van der Waals surface area contributed by atoms with E-state index in [1.807, 2.05) is 0 Å². The van der Waals surface area contributed by atoms with Crippen LogP contribution in [0.1, 0.15) is 23.4 Å². The average molecular weight is 408 g/mol. The molecule has 0 aliphatic heterocycles. The van der Waals surface area contributed by atoms with Crippen LogP contribution >= 0.6 is 11.6 Å². The summed E-state index contributed by atoms with van der Waals surface area (Å²) in [4.78, 5) is 28.4. The van der Waals surface area contributed by atoms with Gasteiger partial charge in [0.25, 0.3) is 12.0 Å². The number of alkyl halides is 2. The second kappa shape index (κ2) is 7.93. The largest absolute Gasteiger partial charge is 0.465 e. The molecule has 2 aromatic carbocycles. The van der Waals surface area contributed by atoms with Crippen molar-refractivity contribution in [1.82, 2.24) is 14.9 Å². The first-order valence-electron chi connectivity index (χ1n) is 8.36. The highest BCUT2D eigenvalue weighted by molar-refractivity contribution is 6.35. The number of hydrogen-bond acceptors (Lipinski definition) is 3. The van der Waals surface area contributed by atoms with Crippen LogP contribution in [0.25, 0.3) is 16.6 Å².